The van der Waals surface area contributed by atoms with Gasteiger partial charge in [0.05, 0.1) is 11.9 Å². The summed E-state index contributed by atoms with van der Waals surface area (Å²) in [7, 11) is 0. The van der Waals surface area contributed by atoms with Crippen molar-refractivity contribution in [3.8, 4) is 11.1 Å². The number of anilines is 2. The number of rotatable bonds is 2. The van der Waals surface area contributed by atoms with Gasteiger partial charge in [0.2, 0.25) is 5.91 Å². The monoisotopic (exact) mass is 325 g/mol. The van der Waals surface area contributed by atoms with Crippen LogP contribution in [0.5, 0.6) is 0 Å². The van der Waals surface area contributed by atoms with Gasteiger partial charge >= 0.3 is 0 Å². The Hall–Kier alpha value is -2.40. The predicted molar refractivity (Wildman–Crippen MR) is 96.5 cm³/mol. The van der Waals surface area contributed by atoms with E-state index in [-0.39, 0.29) is 12.3 Å². The summed E-state index contributed by atoms with van der Waals surface area (Å²) in [4.78, 5) is 19.8. The van der Waals surface area contributed by atoms with E-state index in [2.05, 4.69) is 21.3 Å². The number of carbonyl (C=O) groups excluding carboxylic acids is 1. The molecule has 0 radical (unpaired) electrons. The Kier molecular flexibility index (Phi) is 3.13. The topological polar surface area (TPSA) is 48.5 Å². The SMILES string of the molecule is [2H]C([2H])([2H])N1C(=O)CCc2cc(-c3cncc(N4CCNCC4)c3)ccc21. The first-order valence-corrected chi connectivity index (χ1v) is 8.30. The van der Waals surface area contributed by atoms with Gasteiger partial charge in [-0.2, -0.15) is 0 Å². The molecule has 2 aromatic rings. The summed E-state index contributed by atoms with van der Waals surface area (Å²) in [6, 6.07) is 7.72. The summed E-state index contributed by atoms with van der Waals surface area (Å²) in [6.07, 6.45) is 4.47. The van der Waals surface area contributed by atoms with Gasteiger partial charge < -0.3 is 15.1 Å². The largest absolute Gasteiger partial charge is 0.368 e. The fourth-order valence-corrected chi connectivity index (χ4v) is 3.35. The minimum atomic E-state index is -2.46. The van der Waals surface area contributed by atoms with Crippen molar-refractivity contribution < 1.29 is 8.91 Å². The van der Waals surface area contributed by atoms with Crippen molar-refractivity contribution in [3.63, 3.8) is 0 Å². The number of amides is 1. The molecule has 1 N–H and O–H groups in total. The first-order chi connectivity index (χ1) is 12.9. The summed E-state index contributed by atoms with van der Waals surface area (Å²) in [6.45, 7) is 1.36. The van der Waals surface area contributed by atoms with Crippen molar-refractivity contribution in [2.45, 2.75) is 12.8 Å². The fourth-order valence-electron chi connectivity index (χ4n) is 3.35. The van der Waals surface area contributed by atoms with Gasteiger partial charge in [-0.3, -0.25) is 9.78 Å². The Labute approximate surface area is 146 Å². The zero-order chi connectivity index (χ0) is 19.0. The maximum Gasteiger partial charge on any atom is 0.227 e. The Morgan fingerprint density at radius 2 is 2.00 bits per heavy atom. The minimum Gasteiger partial charge on any atom is -0.368 e. The van der Waals surface area contributed by atoms with Gasteiger partial charge in [0.15, 0.2) is 0 Å². The third-order valence-electron chi connectivity index (χ3n) is 4.72. The number of pyridine rings is 1. The van der Waals surface area contributed by atoms with Gasteiger partial charge in [0.1, 0.15) is 0 Å². The van der Waals surface area contributed by atoms with E-state index in [1.165, 1.54) is 0 Å². The number of aryl methyl sites for hydroxylation is 1. The van der Waals surface area contributed by atoms with Crippen LogP contribution in [0.1, 0.15) is 16.1 Å². The molecule has 4 rings (SSSR count). The van der Waals surface area contributed by atoms with E-state index in [1.807, 2.05) is 24.5 Å². The molecule has 1 aromatic heterocycles. The van der Waals surface area contributed by atoms with E-state index >= 15 is 0 Å². The molecule has 5 nitrogen and oxygen atoms in total. The summed E-state index contributed by atoms with van der Waals surface area (Å²) in [5, 5.41) is 3.34. The van der Waals surface area contributed by atoms with Crippen LogP contribution in [-0.4, -0.2) is 44.0 Å². The zero-order valence-corrected chi connectivity index (χ0v) is 13.5. The second-order valence-corrected chi connectivity index (χ2v) is 6.24. The number of hydrogen-bond donors (Lipinski definition) is 1. The first-order valence-electron chi connectivity index (χ1n) is 9.80. The fraction of sp³-hybridized carbons (Fsp3) is 0.368. The summed E-state index contributed by atoms with van der Waals surface area (Å²) >= 11 is 0. The highest BCUT2D eigenvalue weighted by Gasteiger charge is 2.21. The van der Waals surface area contributed by atoms with Gasteiger partial charge in [-0.05, 0) is 35.7 Å². The molecule has 0 bridgehead atoms. The number of benzene rings is 1. The highest BCUT2D eigenvalue weighted by Crippen LogP contribution is 2.32. The summed E-state index contributed by atoms with van der Waals surface area (Å²) in [5.41, 5.74) is 4.44. The predicted octanol–water partition coefficient (Wildman–Crippen LogP) is 2.07. The smallest absolute Gasteiger partial charge is 0.227 e. The van der Waals surface area contributed by atoms with E-state index < -0.39 is 6.98 Å². The molecule has 2 aliphatic heterocycles. The van der Waals surface area contributed by atoms with Crippen LogP contribution in [0.4, 0.5) is 11.4 Å². The zero-order valence-electron chi connectivity index (χ0n) is 16.5. The highest BCUT2D eigenvalue weighted by molar-refractivity contribution is 5.96. The van der Waals surface area contributed by atoms with Crippen molar-refractivity contribution in [3.05, 3.63) is 42.2 Å². The van der Waals surface area contributed by atoms with Crippen LogP contribution in [0.2, 0.25) is 0 Å². The number of carbonyl (C=O) groups is 1. The first kappa shape index (κ1) is 12.0. The normalized spacial score (nSPS) is 20.2. The number of hydrogen-bond acceptors (Lipinski definition) is 4. The van der Waals surface area contributed by atoms with Crippen LogP contribution in [0.25, 0.3) is 11.1 Å². The van der Waals surface area contributed by atoms with E-state index in [0.717, 1.165) is 53.5 Å². The molecule has 0 spiro atoms. The lowest BCUT2D eigenvalue weighted by Gasteiger charge is -2.29. The Balaban J connectivity index is 1.67. The average molecular weight is 325 g/mol. The molecule has 3 heterocycles. The molecular formula is C19H22N4O. The van der Waals surface area contributed by atoms with E-state index in [9.17, 15) is 4.79 Å². The third kappa shape index (κ3) is 2.76. The van der Waals surface area contributed by atoms with Gasteiger partial charge in [-0.1, -0.05) is 6.07 Å². The molecule has 24 heavy (non-hydrogen) atoms. The molecule has 0 saturated carbocycles. The van der Waals surface area contributed by atoms with Crippen molar-refractivity contribution in [2.75, 3.05) is 43.0 Å². The molecule has 1 saturated heterocycles. The Bertz CT molecular complexity index is 862. The Morgan fingerprint density at radius 1 is 1.12 bits per heavy atom. The number of nitrogens with one attached hydrogen (secondary N) is 1. The van der Waals surface area contributed by atoms with Crippen molar-refractivity contribution in [1.82, 2.24) is 10.3 Å². The van der Waals surface area contributed by atoms with Crippen molar-refractivity contribution in [1.29, 1.82) is 0 Å². The maximum absolute atomic E-state index is 12.1. The van der Waals surface area contributed by atoms with E-state index in [4.69, 9.17) is 4.11 Å². The van der Waals surface area contributed by atoms with Crippen molar-refractivity contribution >= 4 is 17.3 Å². The number of aromatic nitrogens is 1. The second kappa shape index (κ2) is 6.24. The van der Waals surface area contributed by atoms with Crippen LogP contribution in [0, 0.1) is 0 Å². The second-order valence-electron chi connectivity index (χ2n) is 6.24. The number of fused-ring (bicyclic) bond motifs is 1. The summed E-state index contributed by atoms with van der Waals surface area (Å²) in [5.74, 6) is -0.349. The van der Waals surface area contributed by atoms with E-state index in [0.29, 0.717) is 12.1 Å². The number of piperazine rings is 1. The van der Waals surface area contributed by atoms with Crippen LogP contribution in [0.3, 0.4) is 0 Å². The Morgan fingerprint density at radius 3 is 2.83 bits per heavy atom. The number of nitrogens with zero attached hydrogens (tertiary/aromatic N) is 3. The molecule has 0 atom stereocenters. The molecular weight excluding hydrogens is 300 g/mol. The third-order valence-corrected chi connectivity index (χ3v) is 4.72. The average Bonchev–Trinajstić information content (AvgIpc) is 2.67. The quantitative estimate of drug-likeness (QED) is 0.918. The summed E-state index contributed by atoms with van der Waals surface area (Å²) < 4.78 is 23.0. The molecule has 1 aromatic carbocycles. The van der Waals surface area contributed by atoms with Crippen LogP contribution in [0.15, 0.2) is 36.7 Å². The van der Waals surface area contributed by atoms with Gasteiger partial charge in [-0.25, -0.2) is 0 Å². The molecule has 0 aliphatic carbocycles. The van der Waals surface area contributed by atoms with Gasteiger partial charge in [0, 0.05) is 61.1 Å². The molecule has 124 valence electrons. The van der Waals surface area contributed by atoms with Gasteiger partial charge in [0.25, 0.3) is 0 Å². The lowest BCUT2D eigenvalue weighted by molar-refractivity contribution is -0.118. The lowest BCUT2D eigenvalue weighted by Crippen LogP contribution is -2.43. The van der Waals surface area contributed by atoms with E-state index in [1.54, 1.807) is 6.07 Å². The van der Waals surface area contributed by atoms with Crippen LogP contribution >= 0.6 is 0 Å². The van der Waals surface area contributed by atoms with Crippen molar-refractivity contribution in [2.24, 2.45) is 0 Å². The molecule has 5 heteroatoms. The molecule has 1 fully saturated rings. The molecule has 0 unspecified atom stereocenters. The maximum atomic E-state index is 12.1. The van der Waals surface area contributed by atoms with Gasteiger partial charge in [-0.15, -0.1) is 0 Å². The highest BCUT2D eigenvalue weighted by atomic mass is 16.2. The lowest BCUT2D eigenvalue weighted by atomic mass is 9.96. The van der Waals surface area contributed by atoms with Crippen LogP contribution in [-0.2, 0) is 11.2 Å². The molecule has 1 amide bonds. The molecule has 2 aliphatic rings. The standard InChI is InChI=1S/C19H22N4O/c1-22-18-4-2-14(10-15(18)3-5-19(22)24)16-11-17(13-21-12-16)23-8-6-20-7-9-23/h2,4,10-13,20H,3,5-9H2,1H3/i1D3. The van der Waals surface area contributed by atoms with Crippen LogP contribution < -0.4 is 15.1 Å². The minimum absolute atomic E-state index is 0.216.